The van der Waals surface area contributed by atoms with Gasteiger partial charge in [-0.15, -0.1) is 0 Å². The molecule has 0 spiro atoms. The van der Waals surface area contributed by atoms with Gasteiger partial charge in [0, 0.05) is 0 Å². The molecule has 0 rings (SSSR count). The molecule has 1 N–H and O–H groups in total. The van der Waals surface area contributed by atoms with E-state index in [1.807, 2.05) is 0 Å². The van der Waals surface area contributed by atoms with E-state index in [1.54, 1.807) is 0 Å². The number of rotatable bonds is 0. The second-order valence-corrected chi connectivity index (χ2v) is 0.877. The van der Waals surface area contributed by atoms with Crippen LogP contribution in [0.3, 0.4) is 0 Å². The molecule has 0 aromatic carbocycles. The minimum atomic E-state index is -5.11. The van der Waals surface area contributed by atoms with Gasteiger partial charge >= 0.3 is 6.18 Å². The number of aliphatic hydroxyl groups excluding tert-OH is 1. The molecule has 46 valence electrons. The molecule has 0 radical (unpaired) electrons. The van der Waals surface area contributed by atoms with Crippen LogP contribution in [-0.2, 0) is 0 Å². The van der Waals surface area contributed by atoms with Crippen LogP contribution in [0.25, 0.3) is 0 Å². The zero-order valence-electron chi connectivity index (χ0n) is 3.74. The minimum absolute atomic E-state index is 0. The van der Waals surface area contributed by atoms with Crippen molar-refractivity contribution in [3.63, 3.8) is 0 Å². The molecule has 0 aliphatic rings. The predicted octanol–water partition coefficient (Wildman–Crippen LogP) is 0.837. The summed E-state index contributed by atoms with van der Waals surface area (Å²) in [6.07, 6.45) is -8.81. The van der Waals surface area contributed by atoms with Crippen molar-refractivity contribution in [2.75, 3.05) is 0 Å². The Morgan fingerprint density at radius 3 is 1.38 bits per heavy atom. The molecule has 6 heteroatoms. The predicted molar refractivity (Wildman–Crippen MR) is 13.2 cm³/mol. The summed E-state index contributed by atoms with van der Waals surface area (Å²) in [6, 6.07) is 0. The third kappa shape index (κ3) is 2.89. The topological polar surface area (TPSA) is 20.2 Å². The second-order valence-electron chi connectivity index (χ2n) is 0.877. The van der Waals surface area contributed by atoms with Gasteiger partial charge in [-0.3, -0.25) is 0 Å². The molecule has 1 atom stereocenters. The van der Waals surface area contributed by atoms with Gasteiger partial charge in [0.25, 0.3) is 6.36 Å². The SMILES string of the molecule is OC(F)C(F)(F)F.[Rf]. The van der Waals surface area contributed by atoms with E-state index < -0.39 is 12.5 Å². The van der Waals surface area contributed by atoms with Crippen LogP contribution >= 0.6 is 0 Å². The molecule has 0 aliphatic heterocycles. The maximum absolute atomic E-state index is 10.6. The van der Waals surface area contributed by atoms with Crippen LogP contribution in [0.4, 0.5) is 17.6 Å². The Morgan fingerprint density at radius 1 is 1.25 bits per heavy atom. The summed E-state index contributed by atoms with van der Waals surface area (Å²) in [5.41, 5.74) is 0. The average Bonchev–Trinajstić information content (AvgIpc) is 1.31. The van der Waals surface area contributed by atoms with Crippen molar-refractivity contribution >= 4 is 0 Å². The Morgan fingerprint density at radius 2 is 1.38 bits per heavy atom. The number of alkyl halides is 4. The van der Waals surface area contributed by atoms with Crippen LogP contribution in [0.1, 0.15) is 0 Å². The van der Waals surface area contributed by atoms with Crippen LogP contribution < -0.4 is 0 Å². The van der Waals surface area contributed by atoms with Crippen LogP contribution in [0.5, 0.6) is 0 Å². The van der Waals surface area contributed by atoms with E-state index in [2.05, 4.69) is 0 Å². The maximum atomic E-state index is 10.6. The Balaban J connectivity index is 0. The third-order valence-electron chi connectivity index (χ3n) is 0.270. The first kappa shape index (κ1) is 9.84. The van der Waals surface area contributed by atoms with Gasteiger partial charge in [-0.1, -0.05) is 0 Å². The molecular formula is C2H2F4ORf. The van der Waals surface area contributed by atoms with E-state index in [0.717, 1.165) is 0 Å². The summed E-state index contributed by atoms with van der Waals surface area (Å²) < 4.78 is 42.3. The zero-order chi connectivity index (χ0) is 6.08. The molecule has 0 heterocycles. The Hall–Kier alpha value is -1.32. The van der Waals surface area contributed by atoms with Crippen molar-refractivity contribution in [2.24, 2.45) is 0 Å². The summed E-state index contributed by atoms with van der Waals surface area (Å²) in [6.45, 7) is 0. The normalized spacial score (nSPS) is 14.6. The largest absolute Gasteiger partial charge is 0.444 e. The fourth-order valence-electron chi connectivity index (χ4n) is 0. The first-order valence-electron chi connectivity index (χ1n) is 1.33. The third-order valence-corrected chi connectivity index (χ3v) is 0.270. The van der Waals surface area contributed by atoms with Gasteiger partial charge in [0.15, 0.2) is 0 Å². The number of hydrogen-bond donors (Lipinski definition) is 1. The van der Waals surface area contributed by atoms with Crippen molar-refractivity contribution in [1.82, 2.24) is 0 Å². The second kappa shape index (κ2) is 2.11. The van der Waals surface area contributed by atoms with E-state index in [9.17, 15) is 17.6 Å². The van der Waals surface area contributed by atoms with E-state index in [-0.39, 0.29) is 0 Å². The molecule has 0 aliphatic carbocycles. The molecular weight excluding hydrogens is 383 g/mol. The van der Waals surface area contributed by atoms with Gasteiger partial charge in [-0.25, -0.2) is 4.39 Å². The van der Waals surface area contributed by atoms with Gasteiger partial charge in [-0.05, 0) is 0 Å². The number of halogens is 4. The first-order valence-corrected chi connectivity index (χ1v) is 1.33. The summed E-state index contributed by atoms with van der Waals surface area (Å²) >= 11 is 0. The molecule has 0 aromatic rings. The van der Waals surface area contributed by atoms with E-state index in [0.29, 0.717) is 0 Å². The number of hydrogen-bond acceptors (Lipinski definition) is 1. The van der Waals surface area contributed by atoms with Crippen molar-refractivity contribution < 1.29 is 22.7 Å². The van der Waals surface area contributed by atoms with Gasteiger partial charge < -0.3 is 5.11 Å². The molecule has 1 unspecified atom stereocenters. The van der Waals surface area contributed by atoms with Crippen LogP contribution in [0.2, 0.25) is 0 Å². The van der Waals surface area contributed by atoms with Crippen LogP contribution in [0.15, 0.2) is 0 Å². The van der Waals surface area contributed by atoms with Crippen molar-refractivity contribution in [3.8, 4) is 0 Å². The monoisotopic (exact) mass is 385 g/mol. The van der Waals surface area contributed by atoms with Gasteiger partial charge in [0.1, 0.15) is 0 Å². The molecule has 0 fully saturated rings. The summed E-state index contributed by atoms with van der Waals surface area (Å²) in [4.78, 5) is 0. The van der Waals surface area contributed by atoms with Gasteiger partial charge in [0.05, 0.1) is 0 Å². The fourth-order valence-corrected chi connectivity index (χ4v) is 0. The Kier molecular flexibility index (Phi) is 2.59. The zero-order valence-corrected chi connectivity index (χ0v) is 10.1. The number of aliphatic hydroxyl groups is 1. The quantitative estimate of drug-likeness (QED) is 0.613. The van der Waals surface area contributed by atoms with E-state index in [1.165, 1.54) is 0 Å². The Labute approximate surface area is 36.6 Å². The van der Waals surface area contributed by atoms with Crippen LogP contribution in [-0.4, -0.2) is 17.6 Å². The molecule has 0 saturated carbocycles. The summed E-state index contributed by atoms with van der Waals surface area (Å²) in [5, 5.41) is 7.10. The van der Waals surface area contributed by atoms with Crippen LogP contribution in [0, 0.1) is 0 Å². The van der Waals surface area contributed by atoms with E-state index >= 15 is 0 Å². The minimum Gasteiger partial charge on any atom is -0.357 e. The summed E-state index contributed by atoms with van der Waals surface area (Å²) in [7, 11) is 0. The van der Waals surface area contributed by atoms with Crippen molar-refractivity contribution in [1.29, 1.82) is 0 Å². The van der Waals surface area contributed by atoms with Gasteiger partial charge in [0.2, 0.25) is 0 Å². The van der Waals surface area contributed by atoms with E-state index in [4.69, 9.17) is 5.11 Å². The molecule has 0 bridgehead atoms. The smallest absolute Gasteiger partial charge is 0.357 e. The molecule has 8 heavy (non-hydrogen) atoms. The molecule has 0 aromatic heterocycles. The standard InChI is InChI=1S/C2H2F4O.Rf/c3-1(7)2(4,5)6;/h1,7H;. The maximum Gasteiger partial charge on any atom is 0.444 e. The summed E-state index contributed by atoms with van der Waals surface area (Å²) in [5.74, 6) is 0. The Bertz CT molecular complexity index is 59.5. The van der Waals surface area contributed by atoms with Gasteiger partial charge in [-0.2, -0.15) is 13.2 Å². The fraction of sp³-hybridized carbons (Fsp3) is 1.00. The average molecular weight is 385 g/mol. The van der Waals surface area contributed by atoms with Crippen molar-refractivity contribution in [2.45, 2.75) is 12.5 Å². The molecule has 0 amide bonds. The molecule has 1 nitrogen and oxygen atoms in total. The first-order chi connectivity index (χ1) is 2.94. The van der Waals surface area contributed by atoms with Crippen molar-refractivity contribution in [3.05, 3.63) is 0 Å². The molecule has 0 saturated heterocycles.